The summed E-state index contributed by atoms with van der Waals surface area (Å²) in [5, 5.41) is 11.5. The molecule has 1 aliphatic heterocycles. The van der Waals surface area contributed by atoms with Crippen LogP contribution in [0.5, 0.6) is 0 Å². The summed E-state index contributed by atoms with van der Waals surface area (Å²) in [4.78, 5) is 13.7. The SMILES string of the molecule is CC1(O)CCN(C(=O)CCNS(=O)(=O)c2cccs2)CC1. The third-order valence-electron chi connectivity index (χ3n) is 3.58. The highest BCUT2D eigenvalue weighted by Crippen LogP contribution is 2.21. The van der Waals surface area contributed by atoms with Crippen molar-refractivity contribution in [1.82, 2.24) is 9.62 Å². The Morgan fingerprint density at radius 2 is 2.14 bits per heavy atom. The van der Waals surface area contributed by atoms with Crippen LogP contribution in [0.2, 0.25) is 0 Å². The maximum atomic E-state index is 12.0. The minimum absolute atomic E-state index is 0.0839. The van der Waals surface area contributed by atoms with Crippen LogP contribution in [0.25, 0.3) is 0 Å². The molecule has 2 heterocycles. The molecule has 1 saturated heterocycles. The van der Waals surface area contributed by atoms with Gasteiger partial charge in [-0.05, 0) is 31.2 Å². The predicted molar refractivity (Wildman–Crippen MR) is 80.6 cm³/mol. The second kappa shape index (κ2) is 6.43. The van der Waals surface area contributed by atoms with E-state index >= 15 is 0 Å². The minimum Gasteiger partial charge on any atom is -0.390 e. The topological polar surface area (TPSA) is 86.7 Å². The van der Waals surface area contributed by atoms with Gasteiger partial charge in [-0.15, -0.1) is 11.3 Å². The first-order chi connectivity index (χ1) is 9.80. The van der Waals surface area contributed by atoms with Gasteiger partial charge < -0.3 is 10.0 Å². The summed E-state index contributed by atoms with van der Waals surface area (Å²) in [5.41, 5.74) is -0.697. The zero-order valence-electron chi connectivity index (χ0n) is 11.9. The van der Waals surface area contributed by atoms with E-state index in [2.05, 4.69) is 4.72 Å². The molecule has 0 aliphatic carbocycles. The number of sulfonamides is 1. The van der Waals surface area contributed by atoms with Crippen molar-refractivity contribution in [3.8, 4) is 0 Å². The number of rotatable bonds is 5. The van der Waals surface area contributed by atoms with Gasteiger partial charge in [-0.3, -0.25) is 4.79 Å². The molecule has 6 nitrogen and oxygen atoms in total. The van der Waals surface area contributed by atoms with Crippen molar-refractivity contribution in [2.75, 3.05) is 19.6 Å². The first-order valence-electron chi connectivity index (χ1n) is 6.83. The summed E-state index contributed by atoms with van der Waals surface area (Å²) < 4.78 is 26.4. The van der Waals surface area contributed by atoms with Gasteiger partial charge in [0.15, 0.2) is 0 Å². The molecule has 0 saturated carbocycles. The van der Waals surface area contributed by atoms with Gasteiger partial charge >= 0.3 is 0 Å². The van der Waals surface area contributed by atoms with Crippen LogP contribution in [-0.4, -0.2) is 49.6 Å². The maximum absolute atomic E-state index is 12.0. The first-order valence-corrected chi connectivity index (χ1v) is 9.20. The van der Waals surface area contributed by atoms with Crippen LogP contribution in [-0.2, 0) is 14.8 Å². The van der Waals surface area contributed by atoms with Gasteiger partial charge in [0.25, 0.3) is 0 Å². The summed E-state index contributed by atoms with van der Waals surface area (Å²) in [6.45, 7) is 2.89. The number of carbonyl (C=O) groups is 1. The fraction of sp³-hybridized carbons (Fsp3) is 0.615. The standard InChI is InChI=1S/C13H20N2O4S2/c1-13(17)5-8-15(9-6-13)11(16)4-7-14-21(18,19)12-3-2-10-20-12/h2-3,10,14,17H,4-9H2,1H3. The van der Waals surface area contributed by atoms with Crippen molar-refractivity contribution in [2.45, 2.75) is 36.0 Å². The first kappa shape index (κ1) is 16.4. The van der Waals surface area contributed by atoms with Crippen molar-refractivity contribution < 1.29 is 18.3 Å². The molecule has 1 aromatic rings. The lowest BCUT2D eigenvalue weighted by atomic mass is 9.94. The van der Waals surface area contributed by atoms with Crippen LogP contribution in [0.3, 0.4) is 0 Å². The van der Waals surface area contributed by atoms with Crippen LogP contribution in [0, 0.1) is 0 Å². The van der Waals surface area contributed by atoms with E-state index in [0.717, 1.165) is 11.3 Å². The molecule has 0 atom stereocenters. The zero-order valence-corrected chi connectivity index (χ0v) is 13.5. The smallest absolute Gasteiger partial charge is 0.250 e. The molecule has 1 amide bonds. The fourth-order valence-corrected chi connectivity index (χ4v) is 4.25. The van der Waals surface area contributed by atoms with E-state index in [1.807, 2.05) is 0 Å². The lowest BCUT2D eigenvalue weighted by Crippen LogP contribution is -2.45. The molecule has 0 spiro atoms. The summed E-state index contributed by atoms with van der Waals surface area (Å²) in [5.74, 6) is -0.0839. The largest absolute Gasteiger partial charge is 0.390 e. The average Bonchev–Trinajstić information content (AvgIpc) is 2.92. The van der Waals surface area contributed by atoms with Crippen molar-refractivity contribution in [3.63, 3.8) is 0 Å². The molecule has 2 rings (SSSR count). The summed E-state index contributed by atoms with van der Waals surface area (Å²) in [6.07, 6.45) is 1.24. The number of hydrogen-bond donors (Lipinski definition) is 2. The van der Waals surface area contributed by atoms with E-state index in [0.29, 0.717) is 25.9 Å². The van der Waals surface area contributed by atoms with Gasteiger partial charge in [0, 0.05) is 26.1 Å². The molecular formula is C13H20N2O4S2. The van der Waals surface area contributed by atoms with Crippen molar-refractivity contribution in [2.24, 2.45) is 0 Å². The van der Waals surface area contributed by atoms with Crippen LogP contribution in [0.1, 0.15) is 26.2 Å². The van der Waals surface area contributed by atoms with Gasteiger partial charge in [-0.2, -0.15) is 0 Å². The van der Waals surface area contributed by atoms with Gasteiger partial charge in [0.1, 0.15) is 4.21 Å². The Labute approximate surface area is 128 Å². The van der Waals surface area contributed by atoms with E-state index in [1.165, 1.54) is 6.07 Å². The Balaban J connectivity index is 1.78. The van der Waals surface area contributed by atoms with E-state index in [9.17, 15) is 18.3 Å². The highest BCUT2D eigenvalue weighted by atomic mass is 32.2. The quantitative estimate of drug-likeness (QED) is 0.835. The molecule has 118 valence electrons. The average molecular weight is 332 g/mol. The van der Waals surface area contributed by atoms with E-state index in [4.69, 9.17) is 0 Å². The number of hydrogen-bond acceptors (Lipinski definition) is 5. The molecule has 2 N–H and O–H groups in total. The number of carbonyl (C=O) groups excluding carboxylic acids is 1. The molecule has 0 radical (unpaired) electrons. The highest BCUT2D eigenvalue weighted by molar-refractivity contribution is 7.91. The molecule has 1 aromatic heterocycles. The van der Waals surface area contributed by atoms with Gasteiger partial charge in [-0.1, -0.05) is 6.07 Å². The summed E-state index contributed by atoms with van der Waals surface area (Å²) >= 11 is 1.14. The summed E-state index contributed by atoms with van der Waals surface area (Å²) in [6, 6.07) is 3.20. The van der Waals surface area contributed by atoms with Crippen LogP contribution in [0.15, 0.2) is 21.7 Å². The molecule has 1 aliphatic rings. The Kier molecular flexibility index (Phi) is 5.03. The third-order valence-corrected chi connectivity index (χ3v) is 6.44. The molecule has 8 heteroatoms. The van der Waals surface area contributed by atoms with Crippen molar-refractivity contribution >= 4 is 27.3 Å². The molecule has 1 fully saturated rings. The van der Waals surface area contributed by atoms with Crippen LogP contribution in [0.4, 0.5) is 0 Å². The normalized spacial score (nSPS) is 18.7. The Morgan fingerprint density at radius 3 is 2.71 bits per heavy atom. The zero-order chi connectivity index (χ0) is 15.5. The number of thiophene rings is 1. The molecule has 21 heavy (non-hydrogen) atoms. The third kappa shape index (κ3) is 4.50. The number of amides is 1. The van der Waals surface area contributed by atoms with Crippen LogP contribution < -0.4 is 4.72 Å². The van der Waals surface area contributed by atoms with Crippen molar-refractivity contribution in [1.29, 1.82) is 0 Å². The number of nitrogens with one attached hydrogen (secondary N) is 1. The fourth-order valence-electron chi connectivity index (χ4n) is 2.18. The van der Waals surface area contributed by atoms with Gasteiger partial charge in [0.2, 0.25) is 15.9 Å². The lowest BCUT2D eigenvalue weighted by molar-refractivity contribution is -0.134. The summed E-state index contributed by atoms with van der Waals surface area (Å²) in [7, 11) is -3.50. The van der Waals surface area contributed by atoms with Crippen molar-refractivity contribution in [3.05, 3.63) is 17.5 Å². The minimum atomic E-state index is -3.50. The Morgan fingerprint density at radius 1 is 1.48 bits per heavy atom. The number of nitrogens with zero attached hydrogens (tertiary/aromatic N) is 1. The molecule has 0 bridgehead atoms. The number of likely N-dealkylation sites (tertiary alicyclic amines) is 1. The Bertz CT molecular complexity index is 571. The van der Waals surface area contributed by atoms with Gasteiger partial charge in [0.05, 0.1) is 5.60 Å². The second-order valence-electron chi connectivity index (χ2n) is 5.46. The molecule has 0 aromatic carbocycles. The maximum Gasteiger partial charge on any atom is 0.250 e. The van der Waals surface area contributed by atoms with E-state index in [-0.39, 0.29) is 23.1 Å². The predicted octanol–water partition coefficient (Wildman–Crippen LogP) is 0.790. The second-order valence-corrected chi connectivity index (χ2v) is 8.40. The monoisotopic (exact) mass is 332 g/mol. The van der Waals surface area contributed by atoms with Gasteiger partial charge in [-0.25, -0.2) is 13.1 Å². The molecule has 0 unspecified atom stereocenters. The number of piperidine rings is 1. The number of aliphatic hydroxyl groups is 1. The Hall–Kier alpha value is -0.960. The van der Waals surface area contributed by atoms with E-state index in [1.54, 1.807) is 23.3 Å². The molecular weight excluding hydrogens is 312 g/mol. The van der Waals surface area contributed by atoms with E-state index < -0.39 is 15.6 Å². The van der Waals surface area contributed by atoms with Crippen LogP contribution >= 0.6 is 11.3 Å². The lowest BCUT2D eigenvalue weighted by Gasteiger charge is -2.35. The highest BCUT2D eigenvalue weighted by Gasteiger charge is 2.29.